The lowest BCUT2D eigenvalue weighted by Crippen LogP contribution is -1.90. The molecule has 1 aromatic heterocycles. The number of benzene rings is 2. The molecule has 0 aliphatic heterocycles. The minimum atomic E-state index is -0.331. The fraction of sp³-hybridized carbons (Fsp3) is 0. The molecule has 0 amide bonds. The van der Waals surface area contributed by atoms with Crippen LogP contribution in [0.15, 0.2) is 51.5 Å². The molecule has 0 fully saturated rings. The van der Waals surface area contributed by atoms with E-state index in [2.05, 4.69) is 43.7 Å². The molecule has 3 aromatic rings. The number of nitrogens with zero attached hydrogens (tertiary/aromatic N) is 1. The predicted octanol–water partition coefficient (Wildman–Crippen LogP) is 5.10. The Morgan fingerprint density at radius 1 is 1.19 bits per heavy atom. The number of aromatic nitrogens is 1. The summed E-state index contributed by atoms with van der Waals surface area (Å²) in [7, 11) is 0. The van der Waals surface area contributed by atoms with Gasteiger partial charge in [0.25, 0.3) is 0 Å². The molecule has 21 heavy (non-hydrogen) atoms. The molecule has 0 radical (unpaired) electrons. The van der Waals surface area contributed by atoms with E-state index in [0.717, 1.165) is 13.6 Å². The van der Waals surface area contributed by atoms with Gasteiger partial charge in [0.2, 0.25) is 5.88 Å². The first-order chi connectivity index (χ1) is 10.1. The number of hydrogen-bond acceptors (Lipinski definition) is 3. The zero-order chi connectivity index (χ0) is 15.0. The molecule has 0 unspecified atom stereocenters. The quantitative estimate of drug-likeness (QED) is 0.543. The normalized spacial score (nSPS) is 10.8. The molecule has 3 nitrogen and oxygen atoms in total. The van der Waals surface area contributed by atoms with Crippen molar-refractivity contribution in [1.82, 2.24) is 5.16 Å². The Balaban J connectivity index is 2.24. The Kier molecular flexibility index (Phi) is 3.99. The van der Waals surface area contributed by atoms with Crippen LogP contribution in [0.25, 0.3) is 22.4 Å². The van der Waals surface area contributed by atoms with Crippen LogP contribution in [-0.2, 0) is 0 Å². The number of halogens is 3. The lowest BCUT2D eigenvalue weighted by atomic mass is 10.0. The van der Waals surface area contributed by atoms with E-state index in [9.17, 15) is 4.39 Å². The van der Waals surface area contributed by atoms with Crippen molar-refractivity contribution in [3.05, 3.63) is 56.3 Å². The highest BCUT2D eigenvalue weighted by Crippen LogP contribution is 2.38. The molecule has 0 saturated carbocycles. The highest BCUT2D eigenvalue weighted by molar-refractivity contribution is 14.1. The van der Waals surface area contributed by atoms with E-state index in [1.54, 1.807) is 12.1 Å². The van der Waals surface area contributed by atoms with Crippen molar-refractivity contribution < 1.29 is 8.91 Å². The molecule has 3 rings (SSSR count). The zero-order valence-corrected chi connectivity index (χ0v) is 14.4. The van der Waals surface area contributed by atoms with Crippen molar-refractivity contribution in [2.24, 2.45) is 0 Å². The van der Waals surface area contributed by atoms with E-state index in [0.29, 0.717) is 16.8 Å². The number of rotatable bonds is 2. The largest absolute Gasteiger partial charge is 0.367 e. The summed E-state index contributed by atoms with van der Waals surface area (Å²) in [4.78, 5) is 0. The second kappa shape index (κ2) is 5.76. The molecule has 0 aliphatic rings. The fourth-order valence-electron chi connectivity index (χ4n) is 2.09. The Morgan fingerprint density at radius 2 is 2.00 bits per heavy atom. The van der Waals surface area contributed by atoms with Crippen LogP contribution >= 0.6 is 38.5 Å². The standard InChI is InChI=1S/C15H9BrFIN2O/c16-9-4-5-12(18)11(7-9)14-13(15(19)21-20-14)8-2-1-3-10(17)6-8/h1-7H,19H2. The van der Waals surface area contributed by atoms with Crippen LogP contribution in [0.4, 0.5) is 10.3 Å². The number of nitrogens with two attached hydrogens (primary N) is 1. The maximum Gasteiger partial charge on any atom is 0.230 e. The zero-order valence-electron chi connectivity index (χ0n) is 10.6. The molecule has 106 valence electrons. The Labute approximate surface area is 142 Å². The van der Waals surface area contributed by atoms with E-state index in [4.69, 9.17) is 10.3 Å². The summed E-state index contributed by atoms with van der Waals surface area (Å²) < 4.78 is 20.5. The first kappa shape index (κ1) is 14.5. The molecule has 0 bridgehead atoms. The van der Waals surface area contributed by atoms with E-state index >= 15 is 0 Å². The fourth-order valence-corrected chi connectivity index (χ4v) is 3.04. The van der Waals surface area contributed by atoms with Gasteiger partial charge in [0.1, 0.15) is 11.5 Å². The molecule has 2 aromatic carbocycles. The highest BCUT2D eigenvalue weighted by Gasteiger charge is 2.19. The van der Waals surface area contributed by atoms with Gasteiger partial charge in [-0.05, 0) is 58.5 Å². The average Bonchev–Trinajstić information content (AvgIpc) is 2.83. The summed E-state index contributed by atoms with van der Waals surface area (Å²) in [6.45, 7) is 0. The third-order valence-corrected chi connectivity index (χ3v) is 4.45. The Hall–Kier alpha value is -1.41. The van der Waals surface area contributed by atoms with E-state index in [1.165, 1.54) is 12.1 Å². The van der Waals surface area contributed by atoms with Crippen LogP contribution in [0.3, 0.4) is 0 Å². The number of anilines is 1. The van der Waals surface area contributed by atoms with E-state index in [1.807, 2.05) is 18.2 Å². The van der Waals surface area contributed by atoms with Crippen LogP contribution < -0.4 is 5.73 Å². The van der Waals surface area contributed by atoms with Gasteiger partial charge in [-0.25, -0.2) is 4.39 Å². The first-order valence-electron chi connectivity index (χ1n) is 6.03. The van der Waals surface area contributed by atoms with Gasteiger partial charge in [-0.1, -0.05) is 33.2 Å². The van der Waals surface area contributed by atoms with Crippen LogP contribution in [0.1, 0.15) is 0 Å². The van der Waals surface area contributed by atoms with Gasteiger partial charge < -0.3 is 10.3 Å². The van der Waals surface area contributed by atoms with Gasteiger partial charge >= 0.3 is 0 Å². The molecule has 6 heteroatoms. The van der Waals surface area contributed by atoms with Crippen molar-refractivity contribution in [2.75, 3.05) is 5.73 Å². The SMILES string of the molecule is Nc1onc(-c2cc(Br)ccc2I)c1-c1cccc(F)c1. The number of nitrogen functional groups attached to an aromatic ring is 1. The van der Waals surface area contributed by atoms with Crippen molar-refractivity contribution in [1.29, 1.82) is 0 Å². The van der Waals surface area contributed by atoms with Gasteiger partial charge in [0.05, 0.1) is 5.56 Å². The molecular weight excluding hydrogens is 450 g/mol. The minimum absolute atomic E-state index is 0.173. The molecule has 0 aliphatic carbocycles. The van der Waals surface area contributed by atoms with Gasteiger partial charge in [-0.15, -0.1) is 0 Å². The summed E-state index contributed by atoms with van der Waals surface area (Å²) in [6.07, 6.45) is 0. The van der Waals surface area contributed by atoms with Crippen molar-refractivity contribution >= 4 is 44.4 Å². The van der Waals surface area contributed by atoms with Crippen molar-refractivity contribution in [2.45, 2.75) is 0 Å². The van der Waals surface area contributed by atoms with Crippen molar-refractivity contribution in [3.63, 3.8) is 0 Å². The number of hydrogen-bond donors (Lipinski definition) is 1. The molecule has 1 heterocycles. The monoisotopic (exact) mass is 458 g/mol. The first-order valence-corrected chi connectivity index (χ1v) is 7.90. The van der Waals surface area contributed by atoms with Gasteiger partial charge in [0, 0.05) is 13.6 Å². The molecular formula is C15H9BrFIN2O. The Morgan fingerprint density at radius 3 is 2.76 bits per heavy atom. The molecule has 0 saturated heterocycles. The van der Waals surface area contributed by atoms with Gasteiger partial charge in [-0.2, -0.15) is 0 Å². The molecule has 0 atom stereocenters. The summed E-state index contributed by atoms with van der Waals surface area (Å²) in [5.74, 6) is -0.158. The predicted molar refractivity (Wildman–Crippen MR) is 92.2 cm³/mol. The van der Waals surface area contributed by atoms with Crippen LogP contribution in [0.2, 0.25) is 0 Å². The summed E-state index contributed by atoms with van der Waals surface area (Å²) in [5.41, 5.74) is 8.60. The highest BCUT2D eigenvalue weighted by atomic mass is 127. The third-order valence-electron chi connectivity index (χ3n) is 3.02. The minimum Gasteiger partial charge on any atom is -0.367 e. The van der Waals surface area contributed by atoms with Gasteiger partial charge in [0.15, 0.2) is 0 Å². The topological polar surface area (TPSA) is 52.0 Å². The van der Waals surface area contributed by atoms with Crippen molar-refractivity contribution in [3.8, 4) is 22.4 Å². The van der Waals surface area contributed by atoms with Crippen LogP contribution in [0, 0.1) is 9.39 Å². The molecule has 2 N–H and O–H groups in total. The Bertz CT molecular complexity index is 819. The van der Waals surface area contributed by atoms with E-state index < -0.39 is 0 Å². The maximum atomic E-state index is 13.5. The summed E-state index contributed by atoms with van der Waals surface area (Å²) in [6, 6.07) is 12.0. The summed E-state index contributed by atoms with van der Waals surface area (Å²) in [5, 5.41) is 4.05. The average molecular weight is 459 g/mol. The molecule has 0 spiro atoms. The lowest BCUT2D eigenvalue weighted by molar-refractivity contribution is 0.439. The second-order valence-corrected chi connectivity index (χ2v) is 6.48. The van der Waals surface area contributed by atoms with Crippen LogP contribution in [-0.4, -0.2) is 5.16 Å². The van der Waals surface area contributed by atoms with E-state index in [-0.39, 0.29) is 11.7 Å². The van der Waals surface area contributed by atoms with Crippen LogP contribution in [0.5, 0.6) is 0 Å². The van der Waals surface area contributed by atoms with Gasteiger partial charge in [-0.3, -0.25) is 0 Å². The third kappa shape index (κ3) is 2.82. The second-order valence-electron chi connectivity index (χ2n) is 4.40. The lowest BCUT2D eigenvalue weighted by Gasteiger charge is -2.06. The smallest absolute Gasteiger partial charge is 0.230 e. The maximum absolute atomic E-state index is 13.5. The summed E-state index contributed by atoms with van der Waals surface area (Å²) >= 11 is 5.66.